The zero-order valence-corrected chi connectivity index (χ0v) is 32.6. The van der Waals surface area contributed by atoms with E-state index < -0.39 is 0 Å². The minimum absolute atomic E-state index is 0.0618. The van der Waals surface area contributed by atoms with Gasteiger partial charge in [-0.1, -0.05) is 126 Å². The van der Waals surface area contributed by atoms with E-state index in [1.54, 1.807) is 0 Å². The van der Waals surface area contributed by atoms with Crippen molar-refractivity contribution < 1.29 is 0 Å². The molecule has 0 bridgehead atoms. The van der Waals surface area contributed by atoms with Crippen molar-refractivity contribution in [2.45, 2.75) is 148 Å². The Hall–Kier alpha value is -3.33. The number of hydrogen-bond acceptors (Lipinski definition) is 2. The number of anilines is 3. The highest BCUT2D eigenvalue weighted by Gasteiger charge is 2.49. The molecule has 8 rings (SSSR count). The van der Waals surface area contributed by atoms with E-state index in [2.05, 4.69) is 156 Å². The van der Waals surface area contributed by atoms with Crippen LogP contribution in [-0.4, -0.2) is 11.7 Å². The van der Waals surface area contributed by atoms with Crippen LogP contribution < -0.4 is 21.3 Å². The minimum Gasteiger partial charge on any atom is -0.296 e. The Kier molecular flexibility index (Phi) is 6.65. The number of hydrogen-bond donors (Lipinski definition) is 0. The van der Waals surface area contributed by atoms with Gasteiger partial charge in [0, 0.05) is 23.0 Å². The van der Waals surface area contributed by atoms with Gasteiger partial charge in [-0.15, -0.1) is 0 Å². The molecule has 4 aliphatic rings. The molecule has 3 heteroatoms. The molecule has 2 aliphatic carbocycles. The summed E-state index contributed by atoms with van der Waals surface area (Å²) in [7, 11) is 0. The zero-order chi connectivity index (χ0) is 35.3. The first-order chi connectivity index (χ1) is 22.7. The fourth-order valence-electron chi connectivity index (χ4n) is 10.1. The monoisotopic (exact) mass is 648 g/mol. The second kappa shape index (κ2) is 9.92. The third kappa shape index (κ3) is 4.62. The molecule has 0 unspecified atom stereocenters. The van der Waals surface area contributed by atoms with E-state index in [0.717, 1.165) is 5.82 Å². The first-order valence-electron chi connectivity index (χ1n) is 18.9. The topological polar surface area (TPSA) is 16.1 Å². The van der Waals surface area contributed by atoms with Crippen molar-refractivity contribution in [2.24, 2.45) is 0 Å². The summed E-state index contributed by atoms with van der Waals surface area (Å²) in [5.74, 6) is 1.11. The van der Waals surface area contributed by atoms with Crippen molar-refractivity contribution in [2.75, 3.05) is 4.90 Å². The lowest BCUT2D eigenvalue weighted by atomic mass is 9.30. The van der Waals surface area contributed by atoms with E-state index in [9.17, 15) is 0 Å². The molecule has 0 N–H and O–H groups in total. The van der Waals surface area contributed by atoms with Gasteiger partial charge in [-0.25, -0.2) is 4.98 Å². The van der Waals surface area contributed by atoms with Crippen LogP contribution in [0.3, 0.4) is 0 Å². The molecule has 3 aromatic carbocycles. The van der Waals surface area contributed by atoms with Crippen molar-refractivity contribution in [3.8, 4) is 0 Å². The van der Waals surface area contributed by atoms with Gasteiger partial charge in [0.05, 0.1) is 0 Å². The van der Waals surface area contributed by atoms with Gasteiger partial charge in [-0.05, 0) is 127 Å². The van der Waals surface area contributed by atoms with Gasteiger partial charge in [0.25, 0.3) is 0 Å². The molecule has 0 saturated heterocycles. The van der Waals surface area contributed by atoms with E-state index in [1.165, 1.54) is 92.4 Å². The molecule has 0 fully saturated rings. The molecule has 0 amide bonds. The lowest BCUT2D eigenvalue weighted by molar-refractivity contribution is 0.332. The smallest absolute Gasteiger partial charge is 0.249 e. The highest BCUT2D eigenvalue weighted by atomic mass is 15.2. The summed E-state index contributed by atoms with van der Waals surface area (Å²) >= 11 is 0. The summed E-state index contributed by atoms with van der Waals surface area (Å²) in [5, 5.41) is 0. The van der Waals surface area contributed by atoms with Crippen molar-refractivity contribution in [1.29, 1.82) is 0 Å². The normalized spacial score (nSPS) is 21.6. The largest absolute Gasteiger partial charge is 0.296 e. The molecule has 0 spiro atoms. The van der Waals surface area contributed by atoms with Gasteiger partial charge in [-0.3, -0.25) is 4.90 Å². The van der Waals surface area contributed by atoms with Crippen molar-refractivity contribution in [3.05, 3.63) is 99.7 Å². The molecule has 49 heavy (non-hydrogen) atoms. The Bertz CT molecular complexity index is 2050. The average molecular weight is 649 g/mol. The Morgan fingerprint density at radius 3 is 1.73 bits per heavy atom. The maximum atomic E-state index is 5.36. The first-order valence-corrected chi connectivity index (χ1v) is 18.9. The van der Waals surface area contributed by atoms with Crippen LogP contribution in [0.4, 0.5) is 17.2 Å². The van der Waals surface area contributed by atoms with Crippen molar-refractivity contribution >= 4 is 40.3 Å². The van der Waals surface area contributed by atoms with E-state index in [1.807, 2.05) is 0 Å². The highest BCUT2D eigenvalue weighted by molar-refractivity contribution is 6.99. The number of fused-ring (bicyclic) bond motifs is 6. The van der Waals surface area contributed by atoms with E-state index in [4.69, 9.17) is 4.98 Å². The molecule has 2 nitrogen and oxygen atoms in total. The lowest BCUT2D eigenvalue weighted by Gasteiger charge is -2.48. The third-order valence-electron chi connectivity index (χ3n) is 13.7. The van der Waals surface area contributed by atoms with Crippen LogP contribution in [-0.2, 0) is 32.5 Å². The molecule has 2 aliphatic heterocycles. The fraction of sp³-hybridized carbons (Fsp3) is 0.500. The maximum Gasteiger partial charge on any atom is 0.249 e. The minimum atomic E-state index is -0.143. The molecule has 254 valence electrons. The van der Waals surface area contributed by atoms with Crippen LogP contribution in [0, 0.1) is 0 Å². The van der Waals surface area contributed by atoms with E-state index in [-0.39, 0.29) is 39.2 Å². The molecule has 0 atom stereocenters. The van der Waals surface area contributed by atoms with Gasteiger partial charge < -0.3 is 0 Å². The summed E-state index contributed by atoms with van der Waals surface area (Å²) in [5.41, 5.74) is 17.6. The summed E-state index contributed by atoms with van der Waals surface area (Å²) in [6, 6.07) is 22.4. The maximum absolute atomic E-state index is 5.36. The Balaban J connectivity index is 1.48. The molecule has 0 saturated carbocycles. The fourth-order valence-corrected chi connectivity index (χ4v) is 10.1. The number of aromatic nitrogens is 1. The van der Waals surface area contributed by atoms with Crippen LogP contribution in [0.15, 0.2) is 60.8 Å². The molecule has 3 heterocycles. The van der Waals surface area contributed by atoms with Crippen LogP contribution in [0.25, 0.3) is 0 Å². The SMILES string of the molecule is CC(C)(C)c1ccc2c(c1)B1c3cc4c(cc3N(c3ccc5c(c3)C(C)(C)CCC5(C)C)c3nccc(c31)C2(C)C)C(C)(C)CCC4(C)C. The van der Waals surface area contributed by atoms with Crippen LogP contribution in [0.5, 0.6) is 0 Å². The average Bonchev–Trinajstić information content (AvgIpc) is 3.02. The molecule has 1 aromatic heterocycles. The Morgan fingerprint density at radius 2 is 1.12 bits per heavy atom. The Labute approximate surface area is 297 Å². The quantitative estimate of drug-likeness (QED) is 0.168. The van der Waals surface area contributed by atoms with E-state index in [0.29, 0.717) is 0 Å². The third-order valence-corrected chi connectivity index (χ3v) is 13.7. The Morgan fingerprint density at radius 1 is 0.571 bits per heavy atom. The molecular weight excluding hydrogens is 591 g/mol. The van der Waals surface area contributed by atoms with Crippen molar-refractivity contribution in [3.63, 3.8) is 0 Å². The number of nitrogens with zero attached hydrogens (tertiary/aromatic N) is 2. The summed E-state index contributed by atoms with van der Waals surface area (Å²) in [6.45, 7) is 31.6. The summed E-state index contributed by atoms with van der Waals surface area (Å²) < 4.78 is 0. The van der Waals surface area contributed by atoms with Gasteiger partial charge >= 0.3 is 0 Å². The van der Waals surface area contributed by atoms with Crippen LogP contribution >= 0.6 is 0 Å². The molecular formula is C46H57BN2. The standard InChI is InChI=1S/C46H57BN2/c1-41(2,3)28-14-16-31-36(24-28)47-37-26-34-35(45(10,11)22-21-44(34,8)9)27-38(37)49(40-39(47)32(18-23-48-40)46(31,12)13)29-15-17-30-33(25-29)43(6,7)20-19-42(30,4)5/h14-18,23-27H,19-22H2,1-13H3. The van der Waals surface area contributed by atoms with Gasteiger partial charge in [0.15, 0.2) is 0 Å². The number of benzene rings is 3. The molecule has 0 radical (unpaired) electrons. The summed E-state index contributed by atoms with van der Waals surface area (Å²) in [6.07, 6.45) is 6.90. The van der Waals surface area contributed by atoms with E-state index >= 15 is 0 Å². The number of rotatable bonds is 1. The highest BCUT2D eigenvalue weighted by Crippen LogP contribution is 2.51. The summed E-state index contributed by atoms with van der Waals surface area (Å²) in [4.78, 5) is 7.92. The lowest BCUT2D eigenvalue weighted by Crippen LogP contribution is -2.64. The molecule has 4 aromatic rings. The van der Waals surface area contributed by atoms with Crippen LogP contribution in [0.1, 0.15) is 155 Å². The van der Waals surface area contributed by atoms with Crippen molar-refractivity contribution in [1.82, 2.24) is 4.98 Å². The predicted octanol–water partition coefficient (Wildman–Crippen LogP) is 10.0. The van der Waals surface area contributed by atoms with Gasteiger partial charge in [-0.2, -0.15) is 0 Å². The van der Waals surface area contributed by atoms with Gasteiger partial charge in [0.1, 0.15) is 5.82 Å². The second-order valence-electron chi connectivity index (χ2n) is 20.3. The van der Waals surface area contributed by atoms with Crippen LogP contribution in [0.2, 0.25) is 0 Å². The van der Waals surface area contributed by atoms with Gasteiger partial charge in [0.2, 0.25) is 6.71 Å². The first kappa shape index (κ1) is 32.9. The number of pyridine rings is 1. The second-order valence-corrected chi connectivity index (χ2v) is 20.3. The predicted molar refractivity (Wildman–Crippen MR) is 211 cm³/mol. The zero-order valence-electron chi connectivity index (χ0n) is 32.6.